The molecule has 4 N–H and O–H groups in total. The molecule has 156 valence electrons. The van der Waals surface area contributed by atoms with E-state index in [1.807, 2.05) is 47.4 Å². The minimum absolute atomic E-state index is 0.226. The van der Waals surface area contributed by atoms with E-state index in [0.29, 0.717) is 35.9 Å². The number of halogens is 1. The van der Waals surface area contributed by atoms with Gasteiger partial charge in [0.2, 0.25) is 0 Å². The summed E-state index contributed by atoms with van der Waals surface area (Å²) in [4.78, 5) is 6.37. The zero-order valence-corrected chi connectivity index (χ0v) is 16.8. The standard InChI is InChI=1S/C23H26FN5O/c24-21-14-16(7-9-20(21)17-4-2-1-3-5-17)6-8-19-15-22(28-30-19)27-23(26)29-12-10-18(25)11-13-29/h1-5,7,9,14-15,18H,6,8,10-13,25H2,(H2,26,27,28). The zero-order chi connectivity index (χ0) is 20.9. The third-order valence-corrected chi connectivity index (χ3v) is 5.42. The quantitative estimate of drug-likeness (QED) is 0.498. The molecule has 0 atom stereocenters. The molecule has 1 fully saturated rings. The number of hydrogen-bond donors (Lipinski definition) is 2. The first-order valence-electron chi connectivity index (χ1n) is 10.2. The number of piperidine rings is 1. The van der Waals surface area contributed by atoms with Crippen LogP contribution in [0.15, 0.2) is 64.1 Å². The normalized spacial score (nSPS) is 15.5. The summed E-state index contributed by atoms with van der Waals surface area (Å²) in [6, 6.07) is 16.9. The van der Waals surface area contributed by atoms with Gasteiger partial charge in [-0.05, 0) is 36.5 Å². The highest BCUT2D eigenvalue weighted by atomic mass is 19.1. The maximum Gasteiger partial charge on any atom is 0.198 e. The topological polar surface area (TPSA) is 93.7 Å². The second-order valence-electron chi connectivity index (χ2n) is 7.63. The predicted molar refractivity (Wildman–Crippen MR) is 116 cm³/mol. The maximum absolute atomic E-state index is 14.5. The lowest BCUT2D eigenvalue weighted by Crippen LogP contribution is -2.45. The van der Waals surface area contributed by atoms with Gasteiger partial charge in [0.15, 0.2) is 11.8 Å². The number of benzene rings is 2. The van der Waals surface area contributed by atoms with Crippen molar-refractivity contribution in [2.45, 2.75) is 31.7 Å². The summed E-state index contributed by atoms with van der Waals surface area (Å²) in [5.41, 5.74) is 14.4. The Labute approximate surface area is 175 Å². The summed E-state index contributed by atoms with van der Waals surface area (Å²) in [6.45, 7) is 1.59. The van der Waals surface area contributed by atoms with Crippen molar-refractivity contribution >= 4 is 11.8 Å². The summed E-state index contributed by atoms with van der Waals surface area (Å²) in [5, 5.41) is 3.98. The lowest BCUT2D eigenvalue weighted by Gasteiger charge is -2.30. The van der Waals surface area contributed by atoms with Gasteiger partial charge in [0.25, 0.3) is 0 Å². The van der Waals surface area contributed by atoms with E-state index in [1.54, 1.807) is 12.1 Å². The minimum Gasteiger partial charge on any atom is -0.369 e. The Morgan fingerprint density at radius 2 is 1.87 bits per heavy atom. The van der Waals surface area contributed by atoms with Crippen molar-refractivity contribution in [2.24, 2.45) is 16.5 Å². The van der Waals surface area contributed by atoms with E-state index in [9.17, 15) is 4.39 Å². The number of nitrogens with zero attached hydrogens (tertiary/aromatic N) is 3. The number of likely N-dealkylation sites (tertiary alicyclic amines) is 1. The van der Waals surface area contributed by atoms with Gasteiger partial charge in [-0.2, -0.15) is 4.99 Å². The largest absolute Gasteiger partial charge is 0.369 e. The van der Waals surface area contributed by atoms with Crippen LogP contribution in [-0.2, 0) is 12.8 Å². The maximum atomic E-state index is 14.5. The molecule has 2 heterocycles. The number of guanidine groups is 1. The molecule has 0 spiro atoms. The van der Waals surface area contributed by atoms with Gasteiger partial charge in [-0.1, -0.05) is 47.6 Å². The molecule has 3 aromatic rings. The molecule has 2 aromatic carbocycles. The number of aromatic nitrogens is 1. The number of nitrogens with two attached hydrogens (primary N) is 2. The molecule has 1 aliphatic rings. The van der Waals surface area contributed by atoms with Crippen LogP contribution in [0.25, 0.3) is 11.1 Å². The van der Waals surface area contributed by atoms with E-state index < -0.39 is 0 Å². The van der Waals surface area contributed by atoms with Gasteiger partial charge in [-0.15, -0.1) is 0 Å². The predicted octanol–water partition coefficient (Wildman–Crippen LogP) is 3.64. The smallest absolute Gasteiger partial charge is 0.198 e. The average molecular weight is 407 g/mol. The summed E-state index contributed by atoms with van der Waals surface area (Å²) >= 11 is 0. The molecule has 1 aromatic heterocycles. The van der Waals surface area contributed by atoms with Crippen LogP contribution in [0.4, 0.5) is 10.2 Å². The van der Waals surface area contributed by atoms with Crippen molar-refractivity contribution in [1.82, 2.24) is 10.1 Å². The molecular formula is C23H26FN5O. The van der Waals surface area contributed by atoms with Gasteiger partial charge >= 0.3 is 0 Å². The Bertz CT molecular complexity index is 1010. The Hall–Kier alpha value is -3.19. The van der Waals surface area contributed by atoms with Crippen LogP contribution in [0, 0.1) is 5.82 Å². The van der Waals surface area contributed by atoms with Crippen molar-refractivity contribution in [3.8, 4) is 11.1 Å². The van der Waals surface area contributed by atoms with Gasteiger partial charge in [0.1, 0.15) is 11.6 Å². The fourth-order valence-corrected chi connectivity index (χ4v) is 3.62. The summed E-state index contributed by atoms with van der Waals surface area (Å²) < 4.78 is 19.9. The van der Waals surface area contributed by atoms with E-state index in [2.05, 4.69) is 10.1 Å². The van der Waals surface area contributed by atoms with Gasteiger partial charge in [-0.25, -0.2) is 4.39 Å². The van der Waals surface area contributed by atoms with E-state index in [0.717, 1.165) is 37.1 Å². The van der Waals surface area contributed by atoms with Gasteiger partial charge in [0.05, 0.1) is 0 Å². The molecule has 30 heavy (non-hydrogen) atoms. The van der Waals surface area contributed by atoms with E-state index in [1.165, 1.54) is 0 Å². The van der Waals surface area contributed by atoms with Crippen molar-refractivity contribution < 1.29 is 8.91 Å². The van der Waals surface area contributed by atoms with E-state index >= 15 is 0 Å². The summed E-state index contributed by atoms with van der Waals surface area (Å²) in [5.74, 6) is 1.34. The van der Waals surface area contributed by atoms with Crippen molar-refractivity contribution in [2.75, 3.05) is 13.1 Å². The Morgan fingerprint density at radius 3 is 2.60 bits per heavy atom. The fraction of sp³-hybridized carbons (Fsp3) is 0.304. The van der Waals surface area contributed by atoms with Crippen molar-refractivity contribution in [3.05, 3.63) is 71.7 Å². The van der Waals surface area contributed by atoms with Gasteiger partial charge < -0.3 is 20.9 Å². The van der Waals surface area contributed by atoms with Crippen LogP contribution in [0.1, 0.15) is 24.2 Å². The first kappa shape index (κ1) is 20.1. The van der Waals surface area contributed by atoms with Crippen molar-refractivity contribution in [1.29, 1.82) is 0 Å². The third kappa shape index (κ3) is 4.86. The SMILES string of the molecule is NC(=Nc1cc(CCc2ccc(-c3ccccc3)c(F)c2)on1)N1CCC(N)CC1. The lowest BCUT2D eigenvalue weighted by atomic mass is 10.0. The monoisotopic (exact) mass is 407 g/mol. The Balaban J connectivity index is 1.36. The van der Waals surface area contributed by atoms with Crippen LogP contribution >= 0.6 is 0 Å². The Morgan fingerprint density at radius 1 is 1.10 bits per heavy atom. The number of aryl methyl sites for hydroxylation is 2. The molecule has 0 amide bonds. The van der Waals surface area contributed by atoms with Crippen molar-refractivity contribution in [3.63, 3.8) is 0 Å². The minimum atomic E-state index is -0.226. The van der Waals surface area contributed by atoms with Crippen LogP contribution in [0.3, 0.4) is 0 Å². The van der Waals surface area contributed by atoms with Crippen LogP contribution < -0.4 is 11.5 Å². The lowest BCUT2D eigenvalue weighted by molar-refractivity contribution is 0.311. The molecule has 1 aliphatic heterocycles. The third-order valence-electron chi connectivity index (χ3n) is 5.42. The van der Waals surface area contributed by atoms with E-state index in [-0.39, 0.29) is 11.9 Å². The fourth-order valence-electron chi connectivity index (χ4n) is 3.62. The summed E-state index contributed by atoms with van der Waals surface area (Å²) in [6.07, 6.45) is 3.05. The molecule has 1 saturated heterocycles. The second-order valence-corrected chi connectivity index (χ2v) is 7.63. The molecule has 0 bridgehead atoms. The van der Waals surface area contributed by atoms with E-state index in [4.69, 9.17) is 16.0 Å². The molecule has 6 nitrogen and oxygen atoms in total. The molecule has 0 saturated carbocycles. The second kappa shape index (κ2) is 9.09. The first-order chi connectivity index (χ1) is 14.6. The highest BCUT2D eigenvalue weighted by Gasteiger charge is 2.18. The van der Waals surface area contributed by atoms with Gasteiger partial charge in [0, 0.05) is 37.2 Å². The highest BCUT2D eigenvalue weighted by Crippen LogP contribution is 2.24. The van der Waals surface area contributed by atoms with Crippen LogP contribution in [0.2, 0.25) is 0 Å². The number of rotatable bonds is 5. The molecule has 0 radical (unpaired) electrons. The first-order valence-corrected chi connectivity index (χ1v) is 10.2. The number of hydrogen-bond acceptors (Lipinski definition) is 4. The molecule has 0 aliphatic carbocycles. The van der Waals surface area contributed by atoms with Gasteiger partial charge in [-0.3, -0.25) is 0 Å². The highest BCUT2D eigenvalue weighted by molar-refractivity contribution is 5.80. The van der Waals surface area contributed by atoms with Crippen LogP contribution in [-0.4, -0.2) is 35.1 Å². The number of aliphatic imine (C=N–C) groups is 1. The van der Waals surface area contributed by atoms with Crippen LogP contribution in [0.5, 0.6) is 0 Å². The average Bonchev–Trinajstić information content (AvgIpc) is 3.20. The molecule has 0 unspecified atom stereocenters. The molecular weight excluding hydrogens is 381 g/mol. The zero-order valence-electron chi connectivity index (χ0n) is 16.8. The summed E-state index contributed by atoms with van der Waals surface area (Å²) in [7, 11) is 0. The molecule has 4 rings (SSSR count). The molecule has 7 heteroatoms. The Kier molecular flexibility index (Phi) is 6.09.